The number of hydrogen-bond donors (Lipinski definition) is 0. The fraction of sp³-hybridized carbons (Fsp3) is 0.182. The lowest BCUT2D eigenvalue weighted by atomic mass is 10.2. The van der Waals surface area contributed by atoms with Crippen molar-refractivity contribution in [3.8, 4) is 17.3 Å². The van der Waals surface area contributed by atoms with Crippen molar-refractivity contribution in [2.45, 2.75) is 13.0 Å². The predicted octanol–water partition coefficient (Wildman–Crippen LogP) is 2.41. The molecule has 2 rings (SSSR count). The number of aromatic nitrogens is 3. The molecule has 6 heteroatoms. The summed E-state index contributed by atoms with van der Waals surface area (Å²) in [4.78, 5) is 3.89. The highest BCUT2D eigenvalue weighted by Gasteiger charge is 2.15. The first-order chi connectivity index (χ1) is 8.22. The largest absolute Gasteiger partial charge is 0.333 e. The smallest absolute Gasteiger partial charge is 0.264 e. The van der Waals surface area contributed by atoms with Gasteiger partial charge in [0.15, 0.2) is 0 Å². The minimum atomic E-state index is -2.75. The zero-order valence-corrected chi connectivity index (χ0v) is 8.72. The second-order valence-corrected chi connectivity index (χ2v) is 3.32. The average Bonchev–Trinajstić information content (AvgIpc) is 2.75. The molecule has 0 bridgehead atoms. The molecule has 2 aromatic rings. The molecular formula is C11H8F2N4. The van der Waals surface area contributed by atoms with Crippen molar-refractivity contribution in [3.63, 3.8) is 0 Å². The molecule has 0 aliphatic heterocycles. The van der Waals surface area contributed by atoms with Crippen LogP contribution in [0.25, 0.3) is 11.3 Å². The Labute approximate surface area is 96.1 Å². The molecule has 2 aromatic heterocycles. The van der Waals surface area contributed by atoms with E-state index in [1.165, 1.54) is 12.3 Å². The molecule has 86 valence electrons. The van der Waals surface area contributed by atoms with Crippen LogP contribution in [-0.2, 0) is 6.42 Å². The van der Waals surface area contributed by atoms with Crippen LogP contribution >= 0.6 is 0 Å². The van der Waals surface area contributed by atoms with Crippen LogP contribution in [0.1, 0.15) is 12.2 Å². The van der Waals surface area contributed by atoms with Gasteiger partial charge in [0, 0.05) is 18.0 Å². The van der Waals surface area contributed by atoms with Crippen molar-refractivity contribution in [2.24, 2.45) is 0 Å². The average molecular weight is 234 g/mol. The number of rotatable bonds is 3. The minimum absolute atomic E-state index is 0.0996. The van der Waals surface area contributed by atoms with E-state index in [0.29, 0.717) is 15.9 Å². The van der Waals surface area contributed by atoms with Crippen molar-refractivity contribution in [1.82, 2.24) is 14.8 Å². The van der Waals surface area contributed by atoms with Crippen LogP contribution < -0.4 is 0 Å². The van der Waals surface area contributed by atoms with Gasteiger partial charge in [-0.3, -0.25) is 4.98 Å². The summed E-state index contributed by atoms with van der Waals surface area (Å²) >= 11 is 0. The molecule has 0 fully saturated rings. The van der Waals surface area contributed by atoms with Crippen molar-refractivity contribution in [2.75, 3.05) is 0 Å². The van der Waals surface area contributed by atoms with E-state index in [1.807, 2.05) is 6.07 Å². The van der Waals surface area contributed by atoms with Gasteiger partial charge in [-0.15, -0.1) is 0 Å². The van der Waals surface area contributed by atoms with E-state index in [4.69, 9.17) is 5.26 Å². The Bertz CT molecular complexity index is 542. The third kappa shape index (κ3) is 2.28. The van der Waals surface area contributed by atoms with Gasteiger partial charge in [0.05, 0.1) is 23.9 Å². The second kappa shape index (κ2) is 4.70. The molecular weight excluding hydrogens is 226 g/mol. The van der Waals surface area contributed by atoms with Gasteiger partial charge in [-0.25, -0.2) is 4.68 Å². The van der Waals surface area contributed by atoms with E-state index in [1.54, 1.807) is 18.3 Å². The van der Waals surface area contributed by atoms with E-state index in [9.17, 15) is 8.78 Å². The molecule has 0 N–H and O–H groups in total. The lowest BCUT2D eigenvalue weighted by Gasteiger charge is -2.01. The molecule has 0 aliphatic rings. The molecule has 0 radical (unpaired) electrons. The molecule has 0 atom stereocenters. The monoisotopic (exact) mass is 234 g/mol. The Morgan fingerprint density at radius 1 is 1.47 bits per heavy atom. The Morgan fingerprint density at radius 2 is 2.29 bits per heavy atom. The number of nitrogens with zero attached hydrogens (tertiary/aromatic N) is 4. The maximum Gasteiger partial charge on any atom is 0.333 e. The van der Waals surface area contributed by atoms with E-state index in [0.717, 1.165) is 0 Å². The molecule has 2 heterocycles. The third-order valence-corrected chi connectivity index (χ3v) is 2.22. The number of hydrogen-bond acceptors (Lipinski definition) is 3. The first-order valence-corrected chi connectivity index (χ1v) is 4.86. The summed E-state index contributed by atoms with van der Waals surface area (Å²) in [6.07, 6.45) is 3.02. The standard InChI is InChI=1S/C11H8F2N4/c12-11(13)17-9(3-4-14)6-10(16-17)8-2-1-5-15-7-8/h1-2,5-7,11H,3H2. The highest BCUT2D eigenvalue weighted by molar-refractivity contribution is 5.58. The van der Waals surface area contributed by atoms with Gasteiger partial charge in [0.25, 0.3) is 0 Å². The fourth-order valence-corrected chi connectivity index (χ4v) is 1.47. The molecule has 0 spiro atoms. The van der Waals surface area contributed by atoms with Gasteiger partial charge in [-0.05, 0) is 18.2 Å². The topological polar surface area (TPSA) is 54.5 Å². The lowest BCUT2D eigenvalue weighted by Crippen LogP contribution is -2.04. The Hall–Kier alpha value is -2.29. The molecule has 0 unspecified atom stereocenters. The highest BCUT2D eigenvalue weighted by Crippen LogP contribution is 2.22. The van der Waals surface area contributed by atoms with E-state index in [2.05, 4.69) is 10.1 Å². The third-order valence-electron chi connectivity index (χ3n) is 2.22. The van der Waals surface area contributed by atoms with Crippen LogP contribution in [0.15, 0.2) is 30.6 Å². The summed E-state index contributed by atoms with van der Waals surface area (Å²) in [5.41, 5.74) is 1.23. The number of pyridine rings is 1. The van der Waals surface area contributed by atoms with Crippen LogP contribution in [-0.4, -0.2) is 14.8 Å². The summed E-state index contributed by atoms with van der Waals surface area (Å²) in [5.74, 6) is 0. The number of alkyl halides is 2. The van der Waals surface area contributed by atoms with Crippen molar-refractivity contribution in [1.29, 1.82) is 5.26 Å². The van der Waals surface area contributed by atoms with E-state index < -0.39 is 6.55 Å². The van der Waals surface area contributed by atoms with Crippen molar-refractivity contribution >= 4 is 0 Å². The minimum Gasteiger partial charge on any atom is -0.264 e. The van der Waals surface area contributed by atoms with Gasteiger partial charge in [0.2, 0.25) is 0 Å². The van der Waals surface area contributed by atoms with Gasteiger partial charge >= 0.3 is 6.55 Å². The summed E-state index contributed by atoms with van der Waals surface area (Å²) < 4.78 is 25.9. The first-order valence-electron chi connectivity index (χ1n) is 4.86. The van der Waals surface area contributed by atoms with Crippen LogP contribution in [0.5, 0.6) is 0 Å². The molecule has 0 saturated heterocycles. The molecule has 0 amide bonds. The fourth-order valence-electron chi connectivity index (χ4n) is 1.47. The molecule has 4 nitrogen and oxygen atoms in total. The van der Waals surface area contributed by atoms with Gasteiger partial charge in [0.1, 0.15) is 0 Å². The van der Waals surface area contributed by atoms with Crippen LogP contribution in [0, 0.1) is 11.3 Å². The zero-order chi connectivity index (χ0) is 12.3. The van der Waals surface area contributed by atoms with Crippen molar-refractivity contribution < 1.29 is 8.78 Å². The summed E-state index contributed by atoms with van der Waals surface area (Å²) in [5, 5.41) is 12.3. The molecule has 0 aliphatic carbocycles. The van der Waals surface area contributed by atoms with Crippen LogP contribution in [0.3, 0.4) is 0 Å². The van der Waals surface area contributed by atoms with Gasteiger partial charge < -0.3 is 0 Å². The quantitative estimate of drug-likeness (QED) is 0.819. The summed E-state index contributed by atoms with van der Waals surface area (Å²) in [7, 11) is 0. The maximum atomic E-state index is 12.7. The Balaban J connectivity index is 2.44. The maximum absolute atomic E-state index is 12.7. The molecule has 0 aromatic carbocycles. The Kier molecular flexibility index (Phi) is 3.10. The van der Waals surface area contributed by atoms with Crippen molar-refractivity contribution in [3.05, 3.63) is 36.3 Å². The normalized spacial score (nSPS) is 10.5. The van der Waals surface area contributed by atoms with Gasteiger partial charge in [-0.2, -0.15) is 19.1 Å². The summed E-state index contributed by atoms with van der Waals surface area (Å²) in [6, 6.07) is 6.73. The van der Waals surface area contributed by atoms with E-state index in [-0.39, 0.29) is 12.1 Å². The number of nitriles is 1. The molecule has 17 heavy (non-hydrogen) atoms. The van der Waals surface area contributed by atoms with Crippen LogP contribution in [0.2, 0.25) is 0 Å². The first kappa shape index (κ1) is 11.2. The zero-order valence-electron chi connectivity index (χ0n) is 8.72. The predicted molar refractivity (Wildman–Crippen MR) is 56.0 cm³/mol. The SMILES string of the molecule is N#CCc1cc(-c2cccnc2)nn1C(F)F. The highest BCUT2D eigenvalue weighted by atomic mass is 19.3. The van der Waals surface area contributed by atoms with E-state index >= 15 is 0 Å². The summed E-state index contributed by atoms with van der Waals surface area (Å²) in [6.45, 7) is -2.75. The lowest BCUT2D eigenvalue weighted by molar-refractivity contribution is 0.0542. The molecule has 0 saturated carbocycles. The van der Waals surface area contributed by atoms with Gasteiger partial charge in [-0.1, -0.05) is 0 Å². The number of halogens is 2. The Morgan fingerprint density at radius 3 is 2.88 bits per heavy atom. The second-order valence-electron chi connectivity index (χ2n) is 3.32. The van der Waals surface area contributed by atoms with Crippen LogP contribution in [0.4, 0.5) is 8.78 Å².